The fraction of sp³-hybridized carbons (Fsp3) is 0.350. The molecule has 0 radical (unpaired) electrons. The third-order valence-electron chi connectivity index (χ3n) is 5.11. The number of rotatable bonds is 5. The molecule has 10 heteroatoms. The third kappa shape index (κ3) is 3.97. The van der Waals surface area contributed by atoms with Crippen LogP contribution in [0.2, 0.25) is 0 Å². The van der Waals surface area contributed by atoms with Gasteiger partial charge in [0, 0.05) is 8.39 Å². The van der Waals surface area contributed by atoms with Crippen molar-refractivity contribution in [3.05, 3.63) is 58.0 Å². The highest BCUT2D eigenvalue weighted by Gasteiger charge is 2.34. The van der Waals surface area contributed by atoms with E-state index in [1.54, 1.807) is 6.92 Å². The molecule has 0 aliphatic heterocycles. The number of hydrogen-bond acceptors (Lipinski definition) is 5. The van der Waals surface area contributed by atoms with Gasteiger partial charge in [-0.1, -0.05) is 6.92 Å². The molecule has 7 nitrogen and oxygen atoms in total. The number of pyridine rings is 1. The Balaban J connectivity index is 2.28. The van der Waals surface area contributed by atoms with Gasteiger partial charge < -0.3 is 0 Å². The largest absolute Gasteiger partial charge is 0.294 e. The van der Waals surface area contributed by atoms with E-state index in [-0.39, 0.29) is 28.8 Å². The standard InChI is InChI=1S/C20H22F2N4O3S/c1-11(9-20(2,3)30(23,28)29)14-7-13(22)8-15-17(14)25-18(26(4)19(15)27)16-6-5-12(21)10-24-16/h5-8,10-11H,9H2,1-4H3,(H2,23,28,29)/t11-/m1/s1/i4D. The van der Waals surface area contributed by atoms with Crippen molar-refractivity contribution in [2.24, 2.45) is 12.2 Å². The lowest BCUT2D eigenvalue weighted by atomic mass is 9.90. The van der Waals surface area contributed by atoms with E-state index in [0.29, 0.717) is 5.56 Å². The molecule has 0 amide bonds. The zero-order valence-electron chi connectivity index (χ0n) is 17.7. The summed E-state index contributed by atoms with van der Waals surface area (Å²) in [7, 11) is -4.40. The van der Waals surface area contributed by atoms with Crippen LogP contribution in [-0.4, -0.2) is 27.7 Å². The molecule has 0 saturated heterocycles. The first-order valence-electron chi connectivity index (χ1n) is 9.74. The van der Waals surface area contributed by atoms with Gasteiger partial charge in [-0.05, 0) is 56.0 Å². The topological polar surface area (TPSA) is 108 Å². The second-order valence-electron chi connectivity index (χ2n) is 7.83. The molecule has 3 rings (SSSR count). The Labute approximate surface area is 174 Å². The lowest BCUT2D eigenvalue weighted by Crippen LogP contribution is -2.38. The van der Waals surface area contributed by atoms with Crippen LogP contribution in [0.25, 0.3) is 22.4 Å². The number of nitrogens with two attached hydrogens (primary N) is 1. The van der Waals surface area contributed by atoms with E-state index >= 15 is 0 Å². The summed E-state index contributed by atoms with van der Waals surface area (Å²) in [5.74, 6) is -1.77. The third-order valence-corrected chi connectivity index (χ3v) is 6.82. The number of primary sulfonamides is 1. The smallest absolute Gasteiger partial charge is 0.261 e. The highest BCUT2D eigenvalue weighted by atomic mass is 32.2. The van der Waals surface area contributed by atoms with Crippen LogP contribution < -0.4 is 10.7 Å². The highest BCUT2D eigenvalue weighted by molar-refractivity contribution is 7.90. The average Bonchev–Trinajstić information content (AvgIpc) is 2.67. The molecule has 2 aromatic heterocycles. The normalized spacial score (nSPS) is 14.0. The first-order valence-corrected chi connectivity index (χ1v) is 10.6. The quantitative estimate of drug-likeness (QED) is 0.660. The number of benzene rings is 1. The van der Waals surface area contributed by atoms with Crippen LogP contribution in [-0.2, 0) is 17.0 Å². The van der Waals surface area contributed by atoms with Crippen LogP contribution in [0.15, 0.2) is 35.3 Å². The molecule has 3 aromatic rings. The Morgan fingerprint density at radius 1 is 1.27 bits per heavy atom. The van der Waals surface area contributed by atoms with Crippen molar-refractivity contribution < 1.29 is 18.6 Å². The van der Waals surface area contributed by atoms with Gasteiger partial charge in [-0.3, -0.25) is 9.36 Å². The van der Waals surface area contributed by atoms with Crippen LogP contribution in [0.4, 0.5) is 8.78 Å². The molecule has 1 aromatic carbocycles. The molecule has 0 saturated carbocycles. The van der Waals surface area contributed by atoms with E-state index in [4.69, 9.17) is 6.51 Å². The van der Waals surface area contributed by atoms with Gasteiger partial charge in [0.1, 0.15) is 17.3 Å². The first-order chi connectivity index (χ1) is 14.4. The second-order valence-corrected chi connectivity index (χ2v) is 10.0. The van der Waals surface area contributed by atoms with Gasteiger partial charge in [0.25, 0.3) is 5.56 Å². The van der Waals surface area contributed by atoms with Crippen LogP contribution in [0.1, 0.15) is 40.0 Å². The molecule has 0 aliphatic rings. The molecule has 1 atom stereocenters. The lowest BCUT2D eigenvalue weighted by Gasteiger charge is -2.26. The molecular formula is C20H22F2N4O3S. The zero-order chi connectivity index (χ0) is 23.1. The van der Waals surface area contributed by atoms with Gasteiger partial charge in [-0.15, -0.1) is 0 Å². The molecule has 160 valence electrons. The minimum absolute atomic E-state index is 0.0262. The number of sulfonamides is 1. The Kier molecular flexibility index (Phi) is 5.15. The monoisotopic (exact) mass is 437 g/mol. The van der Waals surface area contributed by atoms with Crippen molar-refractivity contribution in [3.8, 4) is 11.5 Å². The van der Waals surface area contributed by atoms with Gasteiger partial charge >= 0.3 is 0 Å². The SMILES string of the molecule is [2H]Cn1c(-c2ccc(F)cn2)nc2c([C@H](C)CC(C)(C)S(N)(=O)=O)cc(F)cc2c1=O. The van der Waals surface area contributed by atoms with Crippen molar-refractivity contribution >= 4 is 20.9 Å². The summed E-state index contributed by atoms with van der Waals surface area (Å²) in [6.07, 6.45) is 1.01. The summed E-state index contributed by atoms with van der Waals surface area (Å²) in [4.78, 5) is 21.4. The summed E-state index contributed by atoms with van der Waals surface area (Å²) in [5.41, 5.74) is -0.000475. The minimum atomic E-state index is -3.89. The molecule has 0 bridgehead atoms. The Hall–Kier alpha value is -2.72. The Morgan fingerprint density at radius 2 is 1.97 bits per heavy atom. The van der Waals surface area contributed by atoms with Crippen molar-refractivity contribution in [2.75, 3.05) is 0 Å². The van der Waals surface area contributed by atoms with Crippen LogP contribution in [0.3, 0.4) is 0 Å². The van der Waals surface area contributed by atoms with E-state index in [2.05, 4.69) is 9.97 Å². The first kappa shape index (κ1) is 20.5. The predicted octanol–water partition coefficient (Wildman–Crippen LogP) is 2.83. The maximum atomic E-state index is 14.4. The van der Waals surface area contributed by atoms with E-state index in [1.165, 1.54) is 26.0 Å². The van der Waals surface area contributed by atoms with Crippen LogP contribution >= 0.6 is 0 Å². The lowest BCUT2D eigenvalue weighted by molar-refractivity contribution is 0.500. The minimum Gasteiger partial charge on any atom is -0.294 e. The summed E-state index contributed by atoms with van der Waals surface area (Å²) in [6.45, 7) is 4.62. The van der Waals surface area contributed by atoms with Crippen molar-refractivity contribution in [1.29, 1.82) is 0 Å². The van der Waals surface area contributed by atoms with Gasteiger partial charge in [0.15, 0.2) is 5.82 Å². The molecule has 0 fully saturated rings. The fourth-order valence-electron chi connectivity index (χ4n) is 3.36. The molecule has 30 heavy (non-hydrogen) atoms. The second kappa shape index (κ2) is 7.51. The van der Waals surface area contributed by atoms with E-state index in [9.17, 15) is 22.0 Å². The maximum absolute atomic E-state index is 14.4. The van der Waals surface area contributed by atoms with Gasteiger partial charge in [0.2, 0.25) is 10.0 Å². The predicted molar refractivity (Wildman–Crippen MR) is 110 cm³/mol. The van der Waals surface area contributed by atoms with Crippen molar-refractivity contribution in [2.45, 2.75) is 37.9 Å². The molecule has 2 N–H and O–H groups in total. The van der Waals surface area contributed by atoms with Crippen molar-refractivity contribution in [1.82, 2.24) is 14.5 Å². The molecule has 2 heterocycles. The maximum Gasteiger partial charge on any atom is 0.261 e. The highest BCUT2D eigenvalue weighted by Crippen LogP contribution is 2.33. The van der Waals surface area contributed by atoms with E-state index in [1.807, 2.05) is 0 Å². The van der Waals surface area contributed by atoms with Gasteiger partial charge in [-0.25, -0.2) is 32.3 Å². The molecule has 0 unspecified atom stereocenters. The van der Waals surface area contributed by atoms with Gasteiger partial charge in [-0.2, -0.15) is 0 Å². The molecule has 0 aliphatic carbocycles. The molecule has 0 spiro atoms. The Bertz CT molecular complexity index is 1310. The number of nitrogens with zero attached hydrogens (tertiary/aromatic N) is 3. The van der Waals surface area contributed by atoms with Crippen molar-refractivity contribution in [3.63, 3.8) is 0 Å². The summed E-state index contributed by atoms with van der Waals surface area (Å²) < 4.78 is 59.0. The number of fused-ring (bicyclic) bond motifs is 1. The fourth-order valence-corrected chi connectivity index (χ4v) is 3.84. The summed E-state index contributed by atoms with van der Waals surface area (Å²) >= 11 is 0. The number of halogens is 2. The van der Waals surface area contributed by atoms with Crippen LogP contribution in [0.5, 0.6) is 0 Å². The summed E-state index contributed by atoms with van der Waals surface area (Å²) in [5, 5.41) is 5.28. The van der Waals surface area contributed by atoms with Crippen LogP contribution in [0, 0.1) is 11.6 Å². The van der Waals surface area contributed by atoms with E-state index < -0.39 is 44.9 Å². The Morgan fingerprint density at radius 3 is 2.53 bits per heavy atom. The number of hydrogen-bond donors (Lipinski definition) is 1. The number of aromatic nitrogens is 3. The summed E-state index contributed by atoms with van der Waals surface area (Å²) in [6, 6.07) is 4.70. The molecular weight excluding hydrogens is 414 g/mol. The van der Waals surface area contributed by atoms with Gasteiger partial charge in [0.05, 0.1) is 21.8 Å². The van der Waals surface area contributed by atoms with E-state index in [0.717, 1.165) is 22.9 Å². The average molecular weight is 437 g/mol. The zero-order valence-corrected chi connectivity index (χ0v) is 17.5.